The van der Waals surface area contributed by atoms with Gasteiger partial charge in [0.15, 0.2) is 0 Å². The van der Waals surface area contributed by atoms with Crippen LogP contribution in [0.4, 0.5) is 0 Å². The Hall–Kier alpha value is -1.71. The van der Waals surface area contributed by atoms with Crippen LogP contribution in [0.2, 0.25) is 0 Å². The maximum Gasteiger partial charge on any atom is 0.342 e. The SMILES string of the molecule is [B]c1ccc2c(C(=O)OCC)coc2c1. The molecule has 15 heavy (non-hydrogen) atoms. The summed E-state index contributed by atoms with van der Waals surface area (Å²) in [6.45, 7) is 2.11. The second-order valence-corrected chi connectivity index (χ2v) is 3.13. The first-order chi connectivity index (χ1) is 7.22. The number of fused-ring (bicyclic) bond motifs is 1. The van der Waals surface area contributed by atoms with Crippen LogP contribution in [0.3, 0.4) is 0 Å². The van der Waals surface area contributed by atoms with Crippen molar-refractivity contribution in [1.82, 2.24) is 0 Å². The number of carbonyl (C=O) groups is 1. The number of carbonyl (C=O) groups excluding carboxylic acids is 1. The van der Waals surface area contributed by atoms with Crippen molar-refractivity contribution in [3.05, 3.63) is 30.0 Å². The minimum absolute atomic E-state index is 0.348. The van der Waals surface area contributed by atoms with Crippen molar-refractivity contribution in [2.24, 2.45) is 0 Å². The van der Waals surface area contributed by atoms with E-state index in [1.807, 2.05) is 0 Å². The van der Waals surface area contributed by atoms with Crippen molar-refractivity contribution in [2.75, 3.05) is 6.61 Å². The monoisotopic (exact) mass is 200 g/mol. The first-order valence-electron chi connectivity index (χ1n) is 4.66. The molecule has 74 valence electrons. The molecule has 2 radical (unpaired) electrons. The highest BCUT2D eigenvalue weighted by Gasteiger charge is 2.14. The summed E-state index contributed by atoms with van der Waals surface area (Å²) in [5.74, 6) is -0.374. The van der Waals surface area contributed by atoms with Gasteiger partial charge >= 0.3 is 5.97 Å². The van der Waals surface area contributed by atoms with Gasteiger partial charge in [-0.3, -0.25) is 0 Å². The minimum Gasteiger partial charge on any atom is -0.463 e. The van der Waals surface area contributed by atoms with E-state index < -0.39 is 0 Å². The number of hydrogen-bond donors (Lipinski definition) is 0. The molecule has 1 aromatic heterocycles. The van der Waals surface area contributed by atoms with Gasteiger partial charge in [-0.2, -0.15) is 0 Å². The number of esters is 1. The fourth-order valence-corrected chi connectivity index (χ4v) is 1.41. The van der Waals surface area contributed by atoms with Crippen LogP contribution in [0.1, 0.15) is 17.3 Å². The van der Waals surface area contributed by atoms with E-state index in [0.29, 0.717) is 23.2 Å². The van der Waals surface area contributed by atoms with Crippen LogP contribution in [0.25, 0.3) is 11.0 Å². The van der Waals surface area contributed by atoms with Crippen molar-refractivity contribution in [3.8, 4) is 0 Å². The Morgan fingerprint density at radius 3 is 3.07 bits per heavy atom. The maximum absolute atomic E-state index is 11.5. The molecule has 0 saturated heterocycles. The molecule has 0 amide bonds. The molecule has 1 heterocycles. The lowest BCUT2D eigenvalue weighted by Crippen LogP contribution is -2.04. The van der Waals surface area contributed by atoms with Crippen LogP contribution >= 0.6 is 0 Å². The lowest BCUT2D eigenvalue weighted by molar-refractivity contribution is 0.0527. The molecular weight excluding hydrogens is 191 g/mol. The van der Waals surface area contributed by atoms with Gasteiger partial charge in [0.25, 0.3) is 0 Å². The lowest BCUT2D eigenvalue weighted by atomic mass is 9.95. The van der Waals surface area contributed by atoms with Crippen molar-refractivity contribution in [1.29, 1.82) is 0 Å². The number of ether oxygens (including phenoxy) is 1. The van der Waals surface area contributed by atoms with Crippen molar-refractivity contribution in [2.45, 2.75) is 6.92 Å². The summed E-state index contributed by atoms with van der Waals surface area (Å²) in [5, 5.41) is 0.725. The van der Waals surface area contributed by atoms with Crippen LogP contribution in [0, 0.1) is 0 Å². The average molecular weight is 200 g/mol. The topological polar surface area (TPSA) is 39.4 Å². The molecular formula is C11H9BO3. The normalized spacial score (nSPS) is 10.5. The Kier molecular flexibility index (Phi) is 2.50. The van der Waals surface area contributed by atoms with Crippen LogP contribution in [0.5, 0.6) is 0 Å². The molecule has 0 aliphatic carbocycles. The predicted octanol–water partition coefficient (Wildman–Crippen LogP) is 1.40. The lowest BCUT2D eigenvalue weighted by Gasteiger charge is -1.98. The molecule has 0 atom stereocenters. The second kappa shape index (κ2) is 3.81. The third kappa shape index (κ3) is 1.75. The Morgan fingerprint density at radius 1 is 1.53 bits per heavy atom. The summed E-state index contributed by atoms with van der Waals surface area (Å²) >= 11 is 0. The fraction of sp³-hybridized carbons (Fsp3) is 0.182. The quantitative estimate of drug-likeness (QED) is 0.543. The first kappa shape index (κ1) is 9.83. The van der Waals surface area contributed by atoms with Gasteiger partial charge in [0.05, 0.1) is 6.61 Å². The van der Waals surface area contributed by atoms with Gasteiger partial charge in [-0.1, -0.05) is 17.6 Å². The summed E-state index contributed by atoms with van der Waals surface area (Å²) in [6, 6.07) is 5.15. The summed E-state index contributed by atoms with van der Waals surface area (Å²) in [4.78, 5) is 11.5. The number of furan rings is 1. The largest absolute Gasteiger partial charge is 0.463 e. The van der Waals surface area contributed by atoms with Crippen LogP contribution in [-0.4, -0.2) is 20.4 Å². The van der Waals surface area contributed by atoms with Gasteiger partial charge in [-0.25, -0.2) is 4.79 Å². The molecule has 4 heteroatoms. The van der Waals surface area contributed by atoms with E-state index in [4.69, 9.17) is 17.0 Å². The average Bonchev–Trinajstić information content (AvgIpc) is 2.60. The molecule has 2 aromatic rings. The summed E-state index contributed by atoms with van der Waals surface area (Å²) in [5.41, 5.74) is 1.64. The van der Waals surface area contributed by atoms with Crippen LogP contribution in [-0.2, 0) is 4.74 Å². The summed E-state index contributed by atoms with van der Waals surface area (Å²) in [7, 11) is 5.59. The highest BCUT2D eigenvalue weighted by Crippen LogP contribution is 2.20. The van der Waals surface area contributed by atoms with Gasteiger partial charge < -0.3 is 9.15 Å². The van der Waals surface area contributed by atoms with Gasteiger partial charge in [-0.15, -0.1) is 0 Å². The van der Waals surface area contributed by atoms with E-state index >= 15 is 0 Å². The molecule has 0 unspecified atom stereocenters. The first-order valence-corrected chi connectivity index (χ1v) is 4.66. The molecule has 0 N–H and O–H groups in total. The molecule has 1 aromatic carbocycles. The van der Waals surface area contributed by atoms with E-state index in [9.17, 15) is 4.79 Å². The molecule has 0 fully saturated rings. The highest BCUT2D eigenvalue weighted by atomic mass is 16.5. The van der Waals surface area contributed by atoms with Crippen molar-refractivity contribution < 1.29 is 13.9 Å². The van der Waals surface area contributed by atoms with E-state index in [1.165, 1.54) is 6.26 Å². The Morgan fingerprint density at radius 2 is 2.33 bits per heavy atom. The zero-order valence-electron chi connectivity index (χ0n) is 8.32. The molecule has 0 aliphatic rings. The van der Waals surface area contributed by atoms with Gasteiger partial charge in [0.2, 0.25) is 0 Å². The van der Waals surface area contributed by atoms with Crippen LogP contribution in [0.15, 0.2) is 28.9 Å². The zero-order valence-corrected chi connectivity index (χ0v) is 8.32. The molecule has 0 bridgehead atoms. The molecule has 0 spiro atoms. The molecule has 0 saturated carbocycles. The number of hydrogen-bond acceptors (Lipinski definition) is 3. The standard InChI is InChI=1S/C11H9BO3/c1-2-14-11(13)9-6-15-10-5-7(12)3-4-8(9)10/h3-6H,2H2,1H3. The third-order valence-corrected chi connectivity index (χ3v) is 2.09. The molecule has 3 nitrogen and oxygen atoms in total. The van der Waals surface area contributed by atoms with Gasteiger partial charge in [0.1, 0.15) is 25.3 Å². The second-order valence-electron chi connectivity index (χ2n) is 3.13. The van der Waals surface area contributed by atoms with E-state index in [1.54, 1.807) is 25.1 Å². The summed E-state index contributed by atoms with van der Waals surface area (Å²) < 4.78 is 10.1. The van der Waals surface area contributed by atoms with Gasteiger partial charge in [-0.05, 0) is 13.0 Å². The van der Waals surface area contributed by atoms with Gasteiger partial charge in [0, 0.05) is 5.39 Å². The number of benzene rings is 1. The minimum atomic E-state index is -0.374. The van der Waals surface area contributed by atoms with Crippen LogP contribution < -0.4 is 5.46 Å². The Labute approximate surface area is 88.4 Å². The van der Waals surface area contributed by atoms with E-state index in [-0.39, 0.29) is 5.97 Å². The third-order valence-electron chi connectivity index (χ3n) is 2.09. The predicted molar refractivity (Wildman–Crippen MR) is 57.6 cm³/mol. The zero-order chi connectivity index (χ0) is 10.8. The maximum atomic E-state index is 11.5. The Bertz CT molecular complexity index is 502. The smallest absolute Gasteiger partial charge is 0.342 e. The summed E-state index contributed by atoms with van der Waals surface area (Å²) in [6.07, 6.45) is 1.39. The Balaban J connectivity index is 2.49. The molecule has 0 aliphatic heterocycles. The van der Waals surface area contributed by atoms with E-state index in [2.05, 4.69) is 0 Å². The molecule has 2 rings (SSSR count). The van der Waals surface area contributed by atoms with Crippen molar-refractivity contribution >= 4 is 30.2 Å². The fourth-order valence-electron chi connectivity index (χ4n) is 1.41. The van der Waals surface area contributed by atoms with Crippen molar-refractivity contribution in [3.63, 3.8) is 0 Å². The highest BCUT2D eigenvalue weighted by molar-refractivity contribution is 6.33. The van der Waals surface area contributed by atoms with E-state index in [0.717, 1.165) is 5.39 Å². The number of rotatable bonds is 2.